The molecule has 2 aliphatic rings. The van der Waals surface area contributed by atoms with Crippen molar-refractivity contribution in [1.82, 2.24) is 4.90 Å². The average molecular weight is 423 g/mol. The van der Waals surface area contributed by atoms with E-state index in [9.17, 15) is 14.4 Å². The summed E-state index contributed by atoms with van der Waals surface area (Å²) in [7, 11) is 0. The summed E-state index contributed by atoms with van der Waals surface area (Å²) in [6.07, 6.45) is 2.17. The van der Waals surface area contributed by atoms with E-state index in [1.54, 1.807) is 35.2 Å². The minimum atomic E-state index is -0.362. The van der Waals surface area contributed by atoms with Crippen LogP contribution in [0, 0.1) is 0 Å². The lowest BCUT2D eigenvalue weighted by Gasteiger charge is -2.28. The molecule has 3 aromatic rings. The van der Waals surface area contributed by atoms with Gasteiger partial charge < -0.3 is 9.64 Å². The first kappa shape index (κ1) is 19.9. The monoisotopic (exact) mass is 423 g/mol. The van der Waals surface area contributed by atoms with Crippen molar-refractivity contribution in [2.75, 3.05) is 13.1 Å². The van der Waals surface area contributed by atoms with Crippen LogP contribution in [-0.4, -0.2) is 35.6 Å². The van der Waals surface area contributed by atoms with E-state index in [0.29, 0.717) is 41.8 Å². The van der Waals surface area contributed by atoms with Crippen LogP contribution in [0.4, 0.5) is 4.79 Å². The molecule has 5 nitrogen and oxygen atoms in total. The van der Waals surface area contributed by atoms with Crippen LogP contribution < -0.4 is 0 Å². The molecule has 1 heterocycles. The van der Waals surface area contributed by atoms with Gasteiger partial charge >= 0.3 is 6.09 Å². The molecule has 0 saturated heterocycles. The lowest BCUT2D eigenvalue weighted by atomic mass is 9.79. The molecule has 1 aliphatic heterocycles. The third-order valence-electron chi connectivity index (χ3n) is 5.97. The van der Waals surface area contributed by atoms with Crippen molar-refractivity contribution in [2.24, 2.45) is 0 Å². The molecular weight excluding hydrogens is 402 g/mol. The minimum Gasteiger partial charge on any atom is -0.445 e. The van der Waals surface area contributed by atoms with E-state index < -0.39 is 0 Å². The molecule has 0 saturated carbocycles. The number of amides is 1. The summed E-state index contributed by atoms with van der Waals surface area (Å²) in [4.78, 5) is 40.3. The first-order valence-electron chi connectivity index (χ1n) is 10.6. The van der Waals surface area contributed by atoms with Gasteiger partial charge in [-0.05, 0) is 23.1 Å². The van der Waals surface area contributed by atoms with Gasteiger partial charge in [0.25, 0.3) is 0 Å². The van der Waals surface area contributed by atoms with Crippen LogP contribution in [0.15, 0.2) is 78.9 Å². The highest BCUT2D eigenvalue weighted by Gasteiger charge is 2.32. The molecule has 0 N–H and O–H groups in total. The van der Waals surface area contributed by atoms with Crippen molar-refractivity contribution >= 4 is 23.2 Å². The summed E-state index contributed by atoms with van der Waals surface area (Å²) in [5.41, 5.74) is 4.47. The molecule has 1 aliphatic carbocycles. The number of nitrogens with zero attached hydrogens (tertiary/aromatic N) is 1. The maximum absolute atomic E-state index is 13.2. The van der Waals surface area contributed by atoms with E-state index in [2.05, 4.69) is 0 Å². The van der Waals surface area contributed by atoms with E-state index in [1.165, 1.54) is 0 Å². The van der Waals surface area contributed by atoms with Crippen molar-refractivity contribution in [3.8, 4) is 0 Å². The number of rotatable bonds is 3. The lowest BCUT2D eigenvalue weighted by molar-refractivity contribution is 0.0978. The van der Waals surface area contributed by atoms with Gasteiger partial charge in [0, 0.05) is 35.3 Å². The maximum atomic E-state index is 13.2. The molecule has 5 rings (SSSR count). The average Bonchev–Trinajstić information content (AvgIpc) is 2.86. The molecule has 0 bridgehead atoms. The van der Waals surface area contributed by atoms with Gasteiger partial charge in [-0.3, -0.25) is 9.59 Å². The molecule has 0 aromatic heterocycles. The Bertz CT molecular complexity index is 1260. The summed E-state index contributed by atoms with van der Waals surface area (Å²) in [6, 6.07) is 21.9. The van der Waals surface area contributed by atoms with Crippen molar-refractivity contribution in [3.63, 3.8) is 0 Å². The smallest absolute Gasteiger partial charge is 0.410 e. The maximum Gasteiger partial charge on any atom is 0.410 e. The van der Waals surface area contributed by atoms with Crippen molar-refractivity contribution in [1.29, 1.82) is 0 Å². The predicted octanol–water partition coefficient (Wildman–Crippen LogP) is 4.89. The number of benzene rings is 3. The highest BCUT2D eigenvalue weighted by Crippen LogP contribution is 2.34. The van der Waals surface area contributed by atoms with Crippen LogP contribution in [0.2, 0.25) is 0 Å². The Kier molecular flexibility index (Phi) is 5.15. The number of fused-ring (bicyclic) bond motifs is 2. The summed E-state index contributed by atoms with van der Waals surface area (Å²) >= 11 is 0. The second-order valence-corrected chi connectivity index (χ2v) is 7.90. The summed E-state index contributed by atoms with van der Waals surface area (Å²) in [5, 5.41) is 0. The Morgan fingerprint density at radius 3 is 2.16 bits per heavy atom. The van der Waals surface area contributed by atoms with Gasteiger partial charge in [0.15, 0.2) is 11.6 Å². The van der Waals surface area contributed by atoms with Crippen LogP contribution in [0.5, 0.6) is 0 Å². The van der Waals surface area contributed by atoms with Crippen molar-refractivity contribution in [3.05, 3.63) is 112 Å². The minimum absolute atomic E-state index is 0.125. The second-order valence-electron chi connectivity index (χ2n) is 7.90. The standard InChI is InChI=1S/C27H21NO4/c29-25-21-9-4-5-10-22(21)26(30)24-20(11-6-12-23(24)25)19-13-15-28(16-14-19)27(31)32-17-18-7-2-1-3-8-18/h1-13H,14-17H2. The van der Waals surface area contributed by atoms with Crippen molar-refractivity contribution < 1.29 is 19.1 Å². The largest absolute Gasteiger partial charge is 0.445 e. The molecule has 1 amide bonds. The molecule has 158 valence electrons. The van der Waals surface area contributed by atoms with Gasteiger partial charge in [-0.15, -0.1) is 0 Å². The highest BCUT2D eigenvalue weighted by molar-refractivity contribution is 6.29. The van der Waals surface area contributed by atoms with Crippen LogP contribution in [0.3, 0.4) is 0 Å². The van der Waals surface area contributed by atoms with Gasteiger partial charge in [-0.2, -0.15) is 0 Å². The number of hydrogen-bond acceptors (Lipinski definition) is 4. The number of carbonyl (C=O) groups is 3. The van der Waals surface area contributed by atoms with Gasteiger partial charge in [0.1, 0.15) is 6.61 Å². The zero-order chi connectivity index (χ0) is 22.1. The Morgan fingerprint density at radius 1 is 0.781 bits per heavy atom. The molecule has 0 fully saturated rings. The van der Waals surface area contributed by atoms with E-state index in [1.807, 2.05) is 48.5 Å². The zero-order valence-electron chi connectivity index (χ0n) is 17.4. The SMILES string of the molecule is O=C1c2ccccc2C(=O)c2c1cccc2C1=CCN(C(=O)OCc2ccccc2)CC1. The predicted molar refractivity (Wildman–Crippen MR) is 121 cm³/mol. The van der Waals surface area contributed by atoms with E-state index >= 15 is 0 Å². The summed E-state index contributed by atoms with van der Waals surface area (Å²) in [5.74, 6) is -0.254. The topological polar surface area (TPSA) is 63.7 Å². The van der Waals surface area contributed by atoms with E-state index in [-0.39, 0.29) is 24.3 Å². The lowest BCUT2D eigenvalue weighted by Crippen LogP contribution is -2.35. The number of carbonyl (C=O) groups excluding carboxylic acids is 3. The van der Waals surface area contributed by atoms with Gasteiger partial charge in [0.2, 0.25) is 0 Å². The Labute approximate surface area is 185 Å². The Morgan fingerprint density at radius 2 is 1.44 bits per heavy atom. The fraction of sp³-hybridized carbons (Fsp3) is 0.148. The number of ketones is 2. The van der Waals surface area contributed by atoms with Crippen molar-refractivity contribution in [2.45, 2.75) is 13.0 Å². The molecular formula is C27H21NO4. The highest BCUT2D eigenvalue weighted by atomic mass is 16.6. The number of hydrogen-bond donors (Lipinski definition) is 0. The fourth-order valence-corrected chi connectivity index (χ4v) is 4.30. The molecule has 0 spiro atoms. The molecule has 0 unspecified atom stereocenters. The quantitative estimate of drug-likeness (QED) is 0.471. The summed E-state index contributed by atoms with van der Waals surface area (Å²) in [6.45, 7) is 1.11. The molecule has 0 atom stereocenters. The molecule has 5 heteroatoms. The first-order valence-corrected chi connectivity index (χ1v) is 10.6. The van der Waals surface area contributed by atoms with Gasteiger partial charge in [0.05, 0.1) is 0 Å². The molecule has 32 heavy (non-hydrogen) atoms. The summed E-state index contributed by atoms with van der Waals surface area (Å²) < 4.78 is 5.43. The Hall–Kier alpha value is -3.99. The fourth-order valence-electron chi connectivity index (χ4n) is 4.30. The second kappa shape index (κ2) is 8.27. The first-order chi connectivity index (χ1) is 15.6. The third kappa shape index (κ3) is 3.52. The number of ether oxygens (including phenoxy) is 1. The van der Waals surface area contributed by atoms with E-state index in [0.717, 1.165) is 16.7 Å². The molecule has 3 aromatic carbocycles. The zero-order valence-corrected chi connectivity index (χ0v) is 17.4. The van der Waals surface area contributed by atoms with Gasteiger partial charge in [-0.1, -0.05) is 78.9 Å². The van der Waals surface area contributed by atoms with Crippen LogP contribution in [0.1, 0.15) is 49.4 Å². The normalized spacial score (nSPS) is 15.0. The molecule has 0 radical (unpaired) electrons. The third-order valence-corrected chi connectivity index (χ3v) is 5.97. The Balaban J connectivity index is 1.36. The van der Waals surface area contributed by atoms with E-state index in [4.69, 9.17) is 4.74 Å². The van der Waals surface area contributed by atoms with Crippen LogP contribution in [0.25, 0.3) is 5.57 Å². The van der Waals surface area contributed by atoms with Crippen LogP contribution in [-0.2, 0) is 11.3 Å². The van der Waals surface area contributed by atoms with Gasteiger partial charge in [-0.25, -0.2) is 4.79 Å². The van der Waals surface area contributed by atoms with Crippen LogP contribution >= 0.6 is 0 Å².